The van der Waals surface area contributed by atoms with Crippen LogP contribution in [0.5, 0.6) is 0 Å². The molecule has 0 bridgehead atoms. The summed E-state index contributed by atoms with van der Waals surface area (Å²) in [7, 11) is 0. The zero-order valence-corrected chi connectivity index (χ0v) is 6.35. The van der Waals surface area contributed by atoms with Crippen LogP contribution >= 0.6 is 0 Å². The molecule has 1 aromatic rings. The number of halogens is 3. The van der Waals surface area contributed by atoms with E-state index < -0.39 is 12.2 Å². The van der Waals surface area contributed by atoms with Crippen molar-refractivity contribution in [2.24, 2.45) is 5.73 Å². The molecule has 0 aliphatic carbocycles. The second-order valence-electron chi connectivity index (χ2n) is 2.47. The first-order valence-corrected chi connectivity index (χ1v) is 3.30. The Morgan fingerprint density at radius 3 is 2.33 bits per heavy atom. The van der Waals surface area contributed by atoms with Gasteiger partial charge in [0.15, 0.2) is 6.04 Å². The smallest absolute Gasteiger partial charge is 0.410 e. The number of alkyl halides is 3. The summed E-state index contributed by atoms with van der Waals surface area (Å²) in [5, 5.41) is 0. The molecule has 1 atom stereocenters. The fraction of sp³-hybridized carbons (Fsp3) is 0.429. The van der Waals surface area contributed by atoms with Crippen molar-refractivity contribution >= 4 is 0 Å². The van der Waals surface area contributed by atoms with Crippen molar-refractivity contribution in [3.63, 3.8) is 0 Å². The molecule has 0 fully saturated rings. The summed E-state index contributed by atoms with van der Waals surface area (Å²) in [6.07, 6.45) is -4.44. The van der Waals surface area contributed by atoms with Crippen LogP contribution in [0.1, 0.15) is 17.6 Å². The van der Waals surface area contributed by atoms with Crippen molar-refractivity contribution in [1.29, 1.82) is 0 Å². The number of aryl methyl sites for hydroxylation is 1. The quantitative estimate of drug-likeness (QED) is 0.717. The minimum absolute atomic E-state index is 0.250. The Labute approximate surface area is 67.2 Å². The monoisotopic (exact) mass is 179 g/mol. The molecule has 12 heavy (non-hydrogen) atoms. The number of furan rings is 1. The zero-order valence-electron chi connectivity index (χ0n) is 6.35. The van der Waals surface area contributed by atoms with Crippen molar-refractivity contribution in [3.05, 3.63) is 23.7 Å². The van der Waals surface area contributed by atoms with Gasteiger partial charge in [-0.05, 0) is 19.1 Å². The first-order valence-electron chi connectivity index (χ1n) is 3.30. The van der Waals surface area contributed by atoms with Crippen LogP contribution in [0.15, 0.2) is 16.5 Å². The van der Waals surface area contributed by atoms with Gasteiger partial charge in [-0.15, -0.1) is 0 Å². The van der Waals surface area contributed by atoms with Gasteiger partial charge >= 0.3 is 6.18 Å². The van der Waals surface area contributed by atoms with Gasteiger partial charge in [0.25, 0.3) is 0 Å². The number of nitrogens with two attached hydrogens (primary N) is 1. The van der Waals surface area contributed by atoms with Crippen molar-refractivity contribution in [1.82, 2.24) is 0 Å². The molecule has 5 heteroatoms. The van der Waals surface area contributed by atoms with Crippen molar-refractivity contribution in [3.8, 4) is 0 Å². The summed E-state index contributed by atoms with van der Waals surface area (Å²) >= 11 is 0. The lowest BCUT2D eigenvalue weighted by molar-refractivity contribution is -0.152. The van der Waals surface area contributed by atoms with E-state index in [-0.39, 0.29) is 5.76 Å². The number of hydrogen-bond acceptors (Lipinski definition) is 2. The molecule has 0 saturated carbocycles. The maximum Gasteiger partial charge on any atom is 0.410 e. The third-order valence-corrected chi connectivity index (χ3v) is 1.42. The highest BCUT2D eigenvalue weighted by molar-refractivity contribution is 5.10. The Balaban J connectivity index is 2.85. The van der Waals surface area contributed by atoms with Crippen LogP contribution in [0, 0.1) is 6.92 Å². The first kappa shape index (κ1) is 9.12. The predicted molar refractivity (Wildman–Crippen MR) is 36.4 cm³/mol. The largest absolute Gasteiger partial charge is 0.464 e. The van der Waals surface area contributed by atoms with Gasteiger partial charge in [0, 0.05) is 0 Å². The fourth-order valence-corrected chi connectivity index (χ4v) is 0.782. The van der Waals surface area contributed by atoms with E-state index in [1.165, 1.54) is 12.1 Å². The molecular weight excluding hydrogens is 171 g/mol. The van der Waals surface area contributed by atoms with Crippen molar-refractivity contribution < 1.29 is 17.6 Å². The van der Waals surface area contributed by atoms with Crippen LogP contribution in [0.3, 0.4) is 0 Å². The highest BCUT2D eigenvalue weighted by Crippen LogP contribution is 2.30. The van der Waals surface area contributed by atoms with E-state index in [4.69, 9.17) is 10.2 Å². The van der Waals surface area contributed by atoms with Gasteiger partial charge < -0.3 is 10.2 Å². The average Bonchev–Trinajstić information content (AvgIpc) is 2.32. The second-order valence-corrected chi connectivity index (χ2v) is 2.47. The Morgan fingerprint density at radius 2 is 2.00 bits per heavy atom. The molecule has 1 rings (SSSR count). The van der Waals surface area contributed by atoms with E-state index in [9.17, 15) is 13.2 Å². The molecule has 0 aliphatic heterocycles. The van der Waals surface area contributed by atoms with Gasteiger partial charge in [-0.25, -0.2) is 0 Å². The fourth-order valence-electron chi connectivity index (χ4n) is 0.782. The molecule has 0 aliphatic rings. The van der Waals surface area contributed by atoms with Crippen LogP contribution in [-0.4, -0.2) is 6.18 Å². The third kappa shape index (κ3) is 1.79. The van der Waals surface area contributed by atoms with Crippen molar-refractivity contribution in [2.75, 3.05) is 0 Å². The highest BCUT2D eigenvalue weighted by Gasteiger charge is 2.39. The highest BCUT2D eigenvalue weighted by atomic mass is 19.4. The maximum absolute atomic E-state index is 12.0. The summed E-state index contributed by atoms with van der Waals surface area (Å²) in [6.45, 7) is 1.56. The summed E-state index contributed by atoms with van der Waals surface area (Å²) in [6, 6.07) is 0.653. The second kappa shape index (κ2) is 2.82. The summed E-state index contributed by atoms with van der Waals surface area (Å²) in [4.78, 5) is 0. The Morgan fingerprint density at radius 1 is 1.42 bits per heavy atom. The Kier molecular flexibility index (Phi) is 2.14. The van der Waals surface area contributed by atoms with E-state index in [1.54, 1.807) is 6.92 Å². The minimum Gasteiger partial charge on any atom is -0.464 e. The lowest BCUT2D eigenvalue weighted by Crippen LogP contribution is -2.27. The summed E-state index contributed by atoms with van der Waals surface area (Å²) in [5.74, 6) is 0.171. The van der Waals surface area contributed by atoms with E-state index in [0.29, 0.717) is 5.76 Å². The molecule has 0 unspecified atom stereocenters. The molecule has 2 N–H and O–H groups in total. The van der Waals surface area contributed by atoms with Crippen LogP contribution in [0.2, 0.25) is 0 Å². The molecule has 0 amide bonds. The van der Waals surface area contributed by atoms with Crippen molar-refractivity contribution in [2.45, 2.75) is 19.1 Å². The lowest BCUT2D eigenvalue weighted by atomic mass is 10.2. The molecule has 68 valence electrons. The number of hydrogen-bond donors (Lipinski definition) is 1. The van der Waals surface area contributed by atoms with Gasteiger partial charge in [-0.1, -0.05) is 0 Å². The number of rotatable bonds is 1. The first-order chi connectivity index (χ1) is 5.41. The Hall–Kier alpha value is -0.970. The normalized spacial score (nSPS) is 14.8. The van der Waals surface area contributed by atoms with Gasteiger partial charge in [-0.2, -0.15) is 13.2 Å². The van der Waals surface area contributed by atoms with E-state index in [2.05, 4.69) is 0 Å². The molecule has 2 nitrogen and oxygen atoms in total. The molecule has 1 heterocycles. The van der Waals surface area contributed by atoms with E-state index in [0.717, 1.165) is 0 Å². The zero-order chi connectivity index (χ0) is 9.35. The van der Waals surface area contributed by atoms with E-state index in [1.807, 2.05) is 0 Å². The molecular formula is C7H8F3NO. The van der Waals surface area contributed by atoms with E-state index >= 15 is 0 Å². The maximum atomic E-state index is 12.0. The molecule has 0 aromatic carbocycles. The van der Waals surface area contributed by atoms with Crippen LogP contribution in [-0.2, 0) is 0 Å². The van der Waals surface area contributed by atoms with Gasteiger partial charge in [0.05, 0.1) is 0 Å². The molecule has 0 radical (unpaired) electrons. The standard InChI is InChI=1S/C7H8F3NO/c1-4-2-3-5(12-4)6(11)7(8,9)10/h2-3,6H,11H2,1H3/t6-/m0/s1. The van der Waals surface area contributed by atoms with Crippen LogP contribution < -0.4 is 5.73 Å². The third-order valence-electron chi connectivity index (χ3n) is 1.42. The Bertz CT molecular complexity index is 266. The summed E-state index contributed by atoms with van der Waals surface area (Å²) < 4.78 is 40.6. The predicted octanol–water partition coefficient (Wildman–Crippen LogP) is 2.15. The topological polar surface area (TPSA) is 39.2 Å². The SMILES string of the molecule is Cc1ccc([C@H](N)C(F)(F)F)o1. The lowest BCUT2D eigenvalue weighted by Gasteiger charge is -2.12. The van der Waals surface area contributed by atoms with Crippen LogP contribution in [0.4, 0.5) is 13.2 Å². The summed E-state index contributed by atoms with van der Waals surface area (Å²) in [5.41, 5.74) is 4.87. The van der Waals surface area contributed by atoms with Gasteiger partial charge in [0.2, 0.25) is 0 Å². The van der Waals surface area contributed by atoms with Crippen LogP contribution in [0.25, 0.3) is 0 Å². The molecule has 1 aromatic heterocycles. The molecule has 0 saturated heterocycles. The van der Waals surface area contributed by atoms with Gasteiger partial charge in [0.1, 0.15) is 11.5 Å². The average molecular weight is 179 g/mol. The minimum atomic E-state index is -4.44. The van der Waals surface area contributed by atoms with Gasteiger partial charge in [-0.3, -0.25) is 0 Å². The molecule has 0 spiro atoms.